The van der Waals surface area contributed by atoms with Crippen LogP contribution in [0.3, 0.4) is 0 Å². The summed E-state index contributed by atoms with van der Waals surface area (Å²) < 4.78 is 30.3. The highest BCUT2D eigenvalue weighted by Gasteiger charge is 2.30. The molecule has 7 nitrogen and oxygen atoms in total. The van der Waals surface area contributed by atoms with Gasteiger partial charge < -0.3 is 4.74 Å². The molecule has 1 fully saturated rings. The summed E-state index contributed by atoms with van der Waals surface area (Å²) in [7, 11) is -2.80. The lowest BCUT2D eigenvalue weighted by Gasteiger charge is -2.28. The molecular formula is C8H13N3O4S. The Balaban J connectivity index is 2.69. The Morgan fingerprint density at radius 3 is 2.88 bits per heavy atom. The summed E-state index contributed by atoms with van der Waals surface area (Å²) in [5.41, 5.74) is 0. The maximum atomic E-state index is 11.6. The largest absolute Gasteiger partial charge is 0.452 e. The maximum Gasteiger partial charge on any atom is 0.421 e. The van der Waals surface area contributed by atoms with E-state index in [-0.39, 0.29) is 12.5 Å². The predicted octanol–water partition coefficient (Wildman–Crippen LogP) is -0.177. The first-order valence-corrected chi connectivity index (χ1v) is 6.19. The summed E-state index contributed by atoms with van der Waals surface area (Å²) in [6, 6.07) is 2.02. The molecule has 1 aliphatic rings. The Kier molecular flexibility index (Phi) is 4.09. The third-order valence-electron chi connectivity index (χ3n) is 2.30. The smallest absolute Gasteiger partial charge is 0.421 e. The van der Waals surface area contributed by atoms with Crippen LogP contribution in [0.5, 0.6) is 0 Å². The summed E-state index contributed by atoms with van der Waals surface area (Å²) in [5.74, 6) is -0.317. The van der Waals surface area contributed by atoms with Gasteiger partial charge in [-0.1, -0.05) is 0 Å². The van der Waals surface area contributed by atoms with Crippen LogP contribution >= 0.6 is 0 Å². The lowest BCUT2D eigenvalue weighted by molar-refractivity contribution is 0.176. The number of carbonyl (C=O) groups excluding carboxylic acids is 1. The summed E-state index contributed by atoms with van der Waals surface area (Å²) in [6.45, 7) is 0.424. The number of carbonyl (C=O) groups is 1. The molecule has 1 atom stereocenters. The topological polar surface area (TPSA) is 99.5 Å². The Hall–Kier alpha value is -1.33. The third kappa shape index (κ3) is 3.08. The zero-order chi connectivity index (χ0) is 12.2. The number of hydrogen-bond acceptors (Lipinski definition) is 5. The van der Waals surface area contributed by atoms with Crippen molar-refractivity contribution < 1.29 is 17.9 Å². The number of nitriles is 1. The molecule has 0 saturated carbocycles. The molecule has 0 aliphatic carbocycles. The Labute approximate surface area is 94.2 Å². The van der Waals surface area contributed by atoms with Gasteiger partial charge in [-0.15, -0.1) is 0 Å². The third-order valence-corrected chi connectivity index (χ3v) is 3.74. The average molecular weight is 247 g/mol. The molecule has 1 aliphatic heterocycles. The van der Waals surface area contributed by atoms with Gasteiger partial charge in [0.25, 0.3) is 0 Å². The number of rotatable bonds is 2. The van der Waals surface area contributed by atoms with Crippen LogP contribution in [0, 0.1) is 17.2 Å². The number of amides is 1. The number of nitrogens with zero attached hydrogens (tertiary/aromatic N) is 2. The van der Waals surface area contributed by atoms with E-state index in [1.165, 1.54) is 0 Å². The monoisotopic (exact) mass is 247 g/mol. The molecule has 8 heteroatoms. The van der Waals surface area contributed by atoms with Crippen molar-refractivity contribution in [2.45, 2.75) is 12.8 Å². The van der Waals surface area contributed by atoms with Crippen molar-refractivity contribution in [3.05, 3.63) is 0 Å². The van der Waals surface area contributed by atoms with E-state index in [1.807, 2.05) is 6.07 Å². The molecular weight excluding hydrogens is 234 g/mol. The molecule has 1 rings (SSSR count). The molecule has 0 spiro atoms. The van der Waals surface area contributed by atoms with E-state index in [0.717, 1.165) is 11.4 Å². The van der Waals surface area contributed by atoms with Gasteiger partial charge in [-0.05, 0) is 12.8 Å². The Morgan fingerprint density at radius 1 is 1.62 bits per heavy atom. The quantitative estimate of drug-likeness (QED) is 0.729. The molecule has 1 amide bonds. The first-order chi connectivity index (χ1) is 7.49. The second kappa shape index (κ2) is 5.14. The van der Waals surface area contributed by atoms with Gasteiger partial charge >= 0.3 is 16.3 Å². The van der Waals surface area contributed by atoms with E-state index >= 15 is 0 Å². The lowest BCUT2D eigenvalue weighted by Crippen LogP contribution is -2.47. The highest BCUT2D eigenvalue weighted by atomic mass is 32.2. The van der Waals surface area contributed by atoms with E-state index in [1.54, 1.807) is 4.72 Å². The van der Waals surface area contributed by atoms with Crippen LogP contribution < -0.4 is 4.72 Å². The maximum absolute atomic E-state index is 11.6. The fourth-order valence-corrected chi connectivity index (χ4v) is 2.65. The molecule has 1 unspecified atom stereocenters. The highest BCUT2D eigenvalue weighted by Crippen LogP contribution is 2.17. The molecule has 90 valence electrons. The first kappa shape index (κ1) is 12.7. The highest BCUT2D eigenvalue weighted by molar-refractivity contribution is 7.87. The molecule has 0 aromatic carbocycles. The number of nitrogens with one attached hydrogen (secondary N) is 1. The Bertz CT molecular complexity index is 400. The van der Waals surface area contributed by atoms with Crippen LogP contribution in [-0.2, 0) is 14.9 Å². The fourth-order valence-electron chi connectivity index (χ4n) is 1.48. The molecule has 0 aromatic heterocycles. The van der Waals surface area contributed by atoms with Crippen molar-refractivity contribution >= 4 is 16.3 Å². The number of methoxy groups -OCH3 is 1. The summed E-state index contributed by atoms with van der Waals surface area (Å²) in [5, 5.41) is 8.72. The van der Waals surface area contributed by atoms with E-state index in [0.29, 0.717) is 19.4 Å². The summed E-state index contributed by atoms with van der Waals surface area (Å²) >= 11 is 0. The van der Waals surface area contributed by atoms with Crippen LogP contribution in [0.4, 0.5) is 4.79 Å². The zero-order valence-electron chi connectivity index (χ0n) is 8.84. The second-order valence-electron chi connectivity index (χ2n) is 3.42. The van der Waals surface area contributed by atoms with Crippen LogP contribution in [-0.4, -0.2) is 39.0 Å². The van der Waals surface area contributed by atoms with E-state index in [4.69, 9.17) is 5.26 Å². The van der Waals surface area contributed by atoms with Gasteiger partial charge in [-0.2, -0.15) is 18.0 Å². The van der Waals surface area contributed by atoms with Gasteiger partial charge in [0.05, 0.1) is 19.1 Å². The van der Waals surface area contributed by atoms with Gasteiger partial charge in [-0.3, -0.25) is 0 Å². The number of piperidine rings is 1. The summed E-state index contributed by atoms with van der Waals surface area (Å²) in [4.78, 5) is 10.8. The molecule has 1 N–H and O–H groups in total. The van der Waals surface area contributed by atoms with Crippen molar-refractivity contribution in [1.29, 1.82) is 5.26 Å². The van der Waals surface area contributed by atoms with Gasteiger partial charge in [0.15, 0.2) is 0 Å². The van der Waals surface area contributed by atoms with Crippen LogP contribution in [0.2, 0.25) is 0 Å². The molecule has 0 bridgehead atoms. The number of ether oxygens (including phenoxy) is 1. The molecule has 0 aromatic rings. The minimum atomic E-state index is -3.88. The first-order valence-electron chi connectivity index (χ1n) is 4.75. The van der Waals surface area contributed by atoms with E-state index in [9.17, 15) is 13.2 Å². The number of hydrogen-bond donors (Lipinski definition) is 1. The minimum Gasteiger partial charge on any atom is -0.452 e. The van der Waals surface area contributed by atoms with Crippen LogP contribution in [0.15, 0.2) is 0 Å². The van der Waals surface area contributed by atoms with Crippen LogP contribution in [0.1, 0.15) is 12.8 Å². The predicted molar refractivity (Wildman–Crippen MR) is 54.4 cm³/mol. The normalized spacial score (nSPS) is 22.1. The van der Waals surface area contributed by atoms with Crippen molar-refractivity contribution in [3.8, 4) is 6.07 Å². The molecule has 0 radical (unpaired) electrons. The minimum absolute atomic E-state index is 0.114. The van der Waals surface area contributed by atoms with Crippen molar-refractivity contribution in [3.63, 3.8) is 0 Å². The summed E-state index contributed by atoms with van der Waals surface area (Å²) in [6.07, 6.45) is 0.264. The Morgan fingerprint density at radius 2 is 2.31 bits per heavy atom. The SMILES string of the molecule is COC(=O)NS(=O)(=O)N1CCCC(C#N)C1. The van der Waals surface area contributed by atoms with Crippen molar-refractivity contribution in [1.82, 2.24) is 9.03 Å². The molecule has 16 heavy (non-hydrogen) atoms. The van der Waals surface area contributed by atoms with Gasteiger partial charge in [0, 0.05) is 13.1 Å². The average Bonchev–Trinajstić information content (AvgIpc) is 2.28. The van der Waals surface area contributed by atoms with Crippen LogP contribution in [0.25, 0.3) is 0 Å². The molecule has 1 saturated heterocycles. The van der Waals surface area contributed by atoms with Crippen molar-refractivity contribution in [2.75, 3.05) is 20.2 Å². The van der Waals surface area contributed by atoms with Gasteiger partial charge in [0.2, 0.25) is 0 Å². The standard InChI is InChI=1S/C8H13N3O4S/c1-15-8(12)10-16(13,14)11-4-2-3-7(5-9)6-11/h7H,2-4,6H2,1H3,(H,10,12). The molecule has 1 heterocycles. The fraction of sp³-hybridized carbons (Fsp3) is 0.750. The second-order valence-corrected chi connectivity index (χ2v) is 5.10. The van der Waals surface area contributed by atoms with E-state index in [2.05, 4.69) is 4.74 Å². The zero-order valence-corrected chi connectivity index (χ0v) is 9.66. The van der Waals surface area contributed by atoms with E-state index < -0.39 is 16.3 Å². The van der Waals surface area contributed by atoms with Crippen molar-refractivity contribution in [2.24, 2.45) is 5.92 Å². The van der Waals surface area contributed by atoms with Gasteiger partial charge in [0.1, 0.15) is 0 Å². The van der Waals surface area contributed by atoms with Gasteiger partial charge in [-0.25, -0.2) is 9.52 Å². The lowest BCUT2D eigenvalue weighted by atomic mass is 10.0.